The maximum absolute atomic E-state index is 9.05. The van der Waals surface area contributed by atoms with Crippen LogP contribution in [-0.2, 0) is 0 Å². The van der Waals surface area contributed by atoms with Crippen molar-refractivity contribution in [3.63, 3.8) is 0 Å². The van der Waals surface area contributed by atoms with Gasteiger partial charge >= 0.3 is 0 Å². The van der Waals surface area contributed by atoms with E-state index in [1.165, 1.54) is 18.1 Å². The molecule has 2 aliphatic rings. The maximum Gasteiger partial charge on any atom is 0.166 e. The fourth-order valence-corrected chi connectivity index (χ4v) is 4.21. The van der Waals surface area contributed by atoms with E-state index in [0.29, 0.717) is 17.8 Å². The summed E-state index contributed by atoms with van der Waals surface area (Å²) in [7, 11) is 0. The molecule has 0 bridgehead atoms. The van der Waals surface area contributed by atoms with Gasteiger partial charge in [-0.3, -0.25) is 0 Å². The first-order valence-electron chi connectivity index (χ1n) is 7.64. The number of thioether (sulfide) groups is 1. The van der Waals surface area contributed by atoms with Crippen molar-refractivity contribution < 1.29 is 0 Å². The van der Waals surface area contributed by atoms with Gasteiger partial charge in [-0.2, -0.15) is 5.26 Å². The summed E-state index contributed by atoms with van der Waals surface area (Å²) in [6, 6.07) is 7.47. The highest BCUT2D eigenvalue weighted by molar-refractivity contribution is 9.10. The Morgan fingerprint density at radius 1 is 1.44 bits per heavy atom. The number of halogens is 1. The molecule has 0 radical (unpaired) electrons. The van der Waals surface area contributed by atoms with Gasteiger partial charge in [0.2, 0.25) is 0 Å². The van der Waals surface area contributed by atoms with Crippen LogP contribution in [0.2, 0.25) is 0 Å². The van der Waals surface area contributed by atoms with Crippen LogP contribution in [0.15, 0.2) is 42.5 Å². The fourth-order valence-electron chi connectivity index (χ4n) is 2.59. The Hall–Kier alpha value is -2.29. The van der Waals surface area contributed by atoms with Gasteiger partial charge in [-0.15, -0.1) is 12.3 Å². The minimum absolute atomic E-state index is 0.167. The number of fused-ring (bicyclic) bond motifs is 1. The third-order valence-electron chi connectivity index (χ3n) is 3.82. The summed E-state index contributed by atoms with van der Waals surface area (Å²) >= 11 is 4.94. The van der Waals surface area contributed by atoms with E-state index in [-0.39, 0.29) is 12.2 Å². The molecule has 0 saturated carbocycles. The first kappa shape index (κ1) is 17.5. The molecule has 8 heteroatoms. The average Bonchev–Trinajstić information content (AvgIpc) is 2.94. The molecule has 1 aromatic carbocycles. The van der Waals surface area contributed by atoms with Crippen LogP contribution in [0.3, 0.4) is 0 Å². The SMILES string of the molecule is C#CCCCN1C(Sc2ccc(C#N)c(Br)c2)=NC2C(N)=NC=NC21. The molecule has 2 aliphatic heterocycles. The smallest absolute Gasteiger partial charge is 0.166 e. The summed E-state index contributed by atoms with van der Waals surface area (Å²) in [5.74, 6) is 3.13. The summed E-state index contributed by atoms with van der Waals surface area (Å²) in [4.78, 5) is 16.3. The molecule has 126 valence electrons. The molecular weight excluding hydrogens is 400 g/mol. The number of rotatable bonds is 4. The second kappa shape index (κ2) is 7.73. The lowest BCUT2D eigenvalue weighted by molar-refractivity contribution is 0.336. The molecule has 1 aromatic rings. The average molecular weight is 415 g/mol. The number of nitriles is 1. The van der Waals surface area contributed by atoms with Crippen LogP contribution in [-0.4, -0.2) is 41.0 Å². The predicted molar refractivity (Wildman–Crippen MR) is 105 cm³/mol. The molecule has 3 rings (SSSR count). The molecule has 0 amide bonds. The van der Waals surface area contributed by atoms with E-state index in [2.05, 4.69) is 42.8 Å². The van der Waals surface area contributed by atoms with Crippen LogP contribution in [0.25, 0.3) is 0 Å². The molecule has 2 atom stereocenters. The van der Waals surface area contributed by atoms with Crippen molar-refractivity contribution >= 4 is 45.0 Å². The quantitative estimate of drug-likeness (QED) is 0.605. The maximum atomic E-state index is 9.05. The summed E-state index contributed by atoms with van der Waals surface area (Å²) in [6.07, 6.45) is 8.24. The highest BCUT2D eigenvalue weighted by Crippen LogP contribution is 2.33. The van der Waals surface area contributed by atoms with E-state index in [1.807, 2.05) is 12.1 Å². The zero-order valence-corrected chi connectivity index (χ0v) is 15.7. The van der Waals surface area contributed by atoms with E-state index in [9.17, 15) is 0 Å². The van der Waals surface area contributed by atoms with Gasteiger partial charge in [0.1, 0.15) is 18.2 Å². The van der Waals surface area contributed by atoms with E-state index in [4.69, 9.17) is 22.4 Å². The third kappa shape index (κ3) is 3.71. The largest absolute Gasteiger partial charge is 0.385 e. The van der Waals surface area contributed by atoms with Gasteiger partial charge in [0.15, 0.2) is 17.4 Å². The topological polar surface area (TPSA) is 90.1 Å². The lowest BCUT2D eigenvalue weighted by Crippen LogP contribution is -2.45. The molecule has 6 nitrogen and oxygen atoms in total. The Balaban J connectivity index is 1.84. The van der Waals surface area contributed by atoms with Crippen molar-refractivity contribution in [3.8, 4) is 18.4 Å². The van der Waals surface area contributed by atoms with Crippen molar-refractivity contribution in [2.75, 3.05) is 6.54 Å². The summed E-state index contributed by atoms with van der Waals surface area (Å²) < 4.78 is 0.758. The van der Waals surface area contributed by atoms with Gasteiger partial charge < -0.3 is 10.6 Å². The van der Waals surface area contributed by atoms with Crippen LogP contribution in [0.4, 0.5) is 0 Å². The molecular formula is C17H15BrN6S. The number of hydrogen-bond acceptors (Lipinski definition) is 7. The van der Waals surface area contributed by atoms with Gasteiger partial charge in [0, 0.05) is 22.3 Å². The minimum atomic E-state index is -0.264. The molecule has 0 spiro atoms. The van der Waals surface area contributed by atoms with Crippen LogP contribution in [0.1, 0.15) is 18.4 Å². The van der Waals surface area contributed by atoms with Gasteiger partial charge in [-0.05, 0) is 40.5 Å². The van der Waals surface area contributed by atoms with Crippen molar-refractivity contribution in [2.45, 2.75) is 29.9 Å². The summed E-state index contributed by atoms with van der Waals surface area (Å²) in [5.41, 5.74) is 6.59. The Labute approximate surface area is 159 Å². The van der Waals surface area contributed by atoms with E-state index >= 15 is 0 Å². The van der Waals surface area contributed by atoms with Gasteiger partial charge in [-0.1, -0.05) is 11.8 Å². The molecule has 0 fully saturated rings. The number of nitrogens with two attached hydrogens (primary N) is 1. The highest BCUT2D eigenvalue weighted by atomic mass is 79.9. The van der Waals surface area contributed by atoms with E-state index < -0.39 is 0 Å². The van der Waals surface area contributed by atoms with Crippen molar-refractivity contribution in [1.29, 1.82) is 5.26 Å². The predicted octanol–water partition coefficient (Wildman–Crippen LogP) is 2.59. The Kier molecular flexibility index (Phi) is 5.42. The van der Waals surface area contributed by atoms with Crippen LogP contribution in [0.5, 0.6) is 0 Å². The molecule has 2 unspecified atom stereocenters. The molecule has 2 heterocycles. The lowest BCUT2D eigenvalue weighted by Gasteiger charge is -2.27. The molecule has 0 aromatic heterocycles. The van der Waals surface area contributed by atoms with Gasteiger partial charge in [-0.25, -0.2) is 15.0 Å². The molecule has 0 aliphatic carbocycles. The second-order valence-electron chi connectivity index (χ2n) is 5.45. The van der Waals surface area contributed by atoms with E-state index in [1.54, 1.807) is 6.07 Å². The van der Waals surface area contributed by atoms with Gasteiger partial charge in [0.25, 0.3) is 0 Å². The number of hydrogen-bond donors (Lipinski definition) is 1. The van der Waals surface area contributed by atoms with Crippen LogP contribution >= 0.6 is 27.7 Å². The third-order valence-corrected chi connectivity index (χ3v) is 5.48. The van der Waals surface area contributed by atoms with Crippen molar-refractivity contribution in [2.24, 2.45) is 20.7 Å². The molecule has 2 N–H and O–H groups in total. The standard InChI is InChI=1S/C17H15BrN6S/c1-2-3-4-7-24-16-14(15(20)21-10-22-16)23-17(24)25-12-6-5-11(9-19)13(18)8-12/h1,5-6,8,10,14,16H,3-4,7H2,(H2,20,21,22). The summed E-state index contributed by atoms with van der Waals surface area (Å²) in [6.45, 7) is 0.749. The second-order valence-corrected chi connectivity index (χ2v) is 7.34. The summed E-state index contributed by atoms with van der Waals surface area (Å²) in [5, 5.41) is 9.88. The molecule has 0 saturated heterocycles. The fraction of sp³-hybridized carbons (Fsp3) is 0.294. The number of benzene rings is 1. The Morgan fingerprint density at radius 3 is 3.00 bits per heavy atom. The van der Waals surface area contributed by atoms with Crippen molar-refractivity contribution in [1.82, 2.24) is 4.90 Å². The van der Waals surface area contributed by atoms with Gasteiger partial charge in [0.05, 0.1) is 5.56 Å². The first-order valence-corrected chi connectivity index (χ1v) is 9.25. The number of amidine groups is 2. The van der Waals surface area contributed by atoms with E-state index in [0.717, 1.165) is 27.5 Å². The first-order chi connectivity index (χ1) is 12.1. The number of aliphatic imine (C=N–C) groups is 3. The molecule has 25 heavy (non-hydrogen) atoms. The normalized spacial score (nSPS) is 21.2. The lowest BCUT2D eigenvalue weighted by atomic mass is 10.2. The monoisotopic (exact) mass is 414 g/mol. The highest BCUT2D eigenvalue weighted by Gasteiger charge is 2.39. The van der Waals surface area contributed by atoms with Crippen LogP contribution in [0, 0.1) is 23.7 Å². The van der Waals surface area contributed by atoms with Crippen LogP contribution < -0.4 is 5.73 Å². The Morgan fingerprint density at radius 2 is 2.28 bits per heavy atom. The zero-order chi connectivity index (χ0) is 17.8. The zero-order valence-electron chi connectivity index (χ0n) is 13.3. The minimum Gasteiger partial charge on any atom is -0.385 e. The number of nitrogens with zero attached hydrogens (tertiary/aromatic N) is 5. The number of unbranched alkanes of at least 4 members (excludes halogenated alkanes) is 1. The van der Waals surface area contributed by atoms with Crippen molar-refractivity contribution in [3.05, 3.63) is 28.2 Å². The Bertz CT molecular complexity index is 848. The number of terminal acetylenes is 1.